The minimum absolute atomic E-state index is 0.527. The third-order valence-corrected chi connectivity index (χ3v) is 2.48. The number of rotatable bonds is 2. The van der Waals surface area contributed by atoms with Gasteiger partial charge in [-0.2, -0.15) is 0 Å². The second kappa shape index (κ2) is 2.91. The summed E-state index contributed by atoms with van der Waals surface area (Å²) >= 11 is 0. The summed E-state index contributed by atoms with van der Waals surface area (Å²) in [6, 6.07) is 0. The van der Waals surface area contributed by atoms with Crippen molar-refractivity contribution in [3.05, 3.63) is 0 Å². The number of hydrogen-bond acceptors (Lipinski definition) is 5. The molecule has 0 radical (unpaired) electrons. The Labute approximate surface area is 74.4 Å². The van der Waals surface area contributed by atoms with E-state index in [9.17, 15) is 15.0 Å². The minimum Gasteiger partial charge on any atom is -0.479 e. The van der Waals surface area contributed by atoms with Gasteiger partial charge in [0, 0.05) is 0 Å². The molecule has 0 aromatic rings. The lowest BCUT2D eigenvalue weighted by molar-refractivity contribution is -0.181. The van der Waals surface area contributed by atoms with Crippen molar-refractivity contribution >= 4 is 5.97 Å². The SMILES string of the molecule is C[C@@]1(O)[C@@H](CO)OC[C@@]1(O)C(=O)O. The Morgan fingerprint density at radius 1 is 1.62 bits per heavy atom. The van der Waals surface area contributed by atoms with Crippen LogP contribution >= 0.6 is 0 Å². The maximum Gasteiger partial charge on any atom is 0.341 e. The first-order chi connectivity index (χ1) is 5.86. The number of carbonyl (C=O) groups is 1. The molecule has 0 unspecified atom stereocenters. The summed E-state index contributed by atoms with van der Waals surface area (Å²) < 4.78 is 4.76. The Morgan fingerprint density at radius 2 is 2.15 bits per heavy atom. The third-order valence-electron chi connectivity index (χ3n) is 2.48. The van der Waals surface area contributed by atoms with Crippen molar-refractivity contribution in [1.29, 1.82) is 0 Å². The topological polar surface area (TPSA) is 107 Å². The first kappa shape index (κ1) is 10.4. The molecule has 0 saturated carbocycles. The average molecular weight is 192 g/mol. The van der Waals surface area contributed by atoms with Crippen LogP contribution < -0.4 is 0 Å². The largest absolute Gasteiger partial charge is 0.479 e. The van der Waals surface area contributed by atoms with Crippen LogP contribution in [0.5, 0.6) is 0 Å². The van der Waals surface area contributed by atoms with Crippen molar-refractivity contribution in [2.75, 3.05) is 13.2 Å². The smallest absolute Gasteiger partial charge is 0.341 e. The van der Waals surface area contributed by atoms with Crippen LogP contribution in [0.2, 0.25) is 0 Å². The van der Waals surface area contributed by atoms with E-state index >= 15 is 0 Å². The molecular formula is C7H12O6. The van der Waals surface area contributed by atoms with Crippen LogP contribution in [0.3, 0.4) is 0 Å². The highest BCUT2D eigenvalue weighted by atomic mass is 16.6. The molecule has 1 aliphatic rings. The van der Waals surface area contributed by atoms with Gasteiger partial charge in [-0.3, -0.25) is 0 Å². The normalized spacial score (nSPS) is 45.1. The van der Waals surface area contributed by atoms with Gasteiger partial charge >= 0.3 is 5.97 Å². The van der Waals surface area contributed by atoms with Crippen molar-refractivity contribution in [2.45, 2.75) is 24.2 Å². The van der Waals surface area contributed by atoms with E-state index in [-0.39, 0.29) is 0 Å². The number of hydrogen-bond donors (Lipinski definition) is 4. The van der Waals surface area contributed by atoms with E-state index in [1.165, 1.54) is 0 Å². The molecule has 1 fully saturated rings. The van der Waals surface area contributed by atoms with Gasteiger partial charge in [0.05, 0.1) is 13.2 Å². The molecule has 6 nitrogen and oxygen atoms in total. The van der Waals surface area contributed by atoms with Gasteiger partial charge in [0.1, 0.15) is 11.7 Å². The number of carboxylic acid groups (broad SMARTS) is 1. The highest BCUT2D eigenvalue weighted by molar-refractivity contribution is 5.79. The van der Waals surface area contributed by atoms with Crippen LogP contribution in [0.15, 0.2) is 0 Å². The van der Waals surface area contributed by atoms with Crippen LogP contribution in [-0.4, -0.2) is 56.9 Å². The maximum absolute atomic E-state index is 10.6. The van der Waals surface area contributed by atoms with Gasteiger partial charge in [0.15, 0.2) is 0 Å². The Morgan fingerprint density at radius 3 is 2.38 bits per heavy atom. The van der Waals surface area contributed by atoms with Crippen molar-refractivity contribution in [3.63, 3.8) is 0 Å². The number of aliphatic carboxylic acids is 1. The molecule has 4 N–H and O–H groups in total. The molecule has 1 rings (SSSR count). The molecule has 1 saturated heterocycles. The number of aliphatic hydroxyl groups excluding tert-OH is 1. The standard InChI is InChI=1S/C7H12O6/c1-6(11)4(2-8)13-3-7(6,12)5(9)10/h4,8,11-12H,2-3H2,1H3,(H,9,10)/t4-,6-,7-/m1/s1. The van der Waals surface area contributed by atoms with E-state index in [4.69, 9.17) is 14.9 Å². The van der Waals surface area contributed by atoms with Crippen LogP contribution in [0.4, 0.5) is 0 Å². The number of carboxylic acids is 1. The zero-order chi connectivity index (χ0) is 10.3. The van der Waals surface area contributed by atoms with Crippen LogP contribution in [0.1, 0.15) is 6.92 Å². The lowest BCUT2D eigenvalue weighted by atomic mass is 9.83. The van der Waals surface area contributed by atoms with E-state index in [2.05, 4.69) is 0 Å². The highest BCUT2D eigenvalue weighted by Crippen LogP contribution is 2.34. The molecule has 76 valence electrons. The number of aliphatic hydroxyl groups is 3. The second-order valence-corrected chi connectivity index (χ2v) is 3.30. The monoisotopic (exact) mass is 192 g/mol. The summed E-state index contributed by atoms with van der Waals surface area (Å²) in [6.07, 6.45) is -1.08. The van der Waals surface area contributed by atoms with Crippen LogP contribution in [0, 0.1) is 0 Å². The lowest BCUT2D eigenvalue weighted by Crippen LogP contribution is -2.60. The summed E-state index contributed by atoms with van der Waals surface area (Å²) in [7, 11) is 0. The zero-order valence-corrected chi connectivity index (χ0v) is 7.10. The first-order valence-corrected chi connectivity index (χ1v) is 3.77. The van der Waals surface area contributed by atoms with Gasteiger partial charge in [0.25, 0.3) is 0 Å². The van der Waals surface area contributed by atoms with Gasteiger partial charge in [0.2, 0.25) is 5.60 Å². The van der Waals surface area contributed by atoms with Crippen LogP contribution in [0.25, 0.3) is 0 Å². The molecule has 13 heavy (non-hydrogen) atoms. The summed E-state index contributed by atoms with van der Waals surface area (Å²) in [6.45, 7) is 0.0537. The van der Waals surface area contributed by atoms with Crippen molar-refractivity contribution in [2.24, 2.45) is 0 Å². The zero-order valence-electron chi connectivity index (χ0n) is 7.10. The summed E-state index contributed by atoms with van der Waals surface area (Å²) in [4.78, 5) is 10.6. The Kier molecular flexibility index (Phi) is 2.33. The molecule has 0 bridgehead atoms. The molecular weight excluding hydrogens is 180 g/mol. The fourth-order valence-electron chi connectivity index (χ4n) is 1.30. The van der Waals surface area contributed by atoms with Gasteiger partial charge < -0.3 is 25.2 Å². The Bertz CT molecular complexity index is 225. The second-order valence-electron chi connectivity index (χ2n) is 3.30. The molecule has 1 aliphatic heterocycles. The van der Waals surface area contributed by atoms with Crippen molar-refractivity contribution in [3.8, 4) is 0 Å². The Hall–Kier alpha value is -0.690. The predicted octanol–water partition coefficient (Wildman–Crippen LogP) is -2.06. The summed E-state index contributed by atoms with van der Waals surface area (Å²) in [5, 5.41) is 36.5. The summed E-state index contributed by atoms with van der Waals surface area (Å²) in [5.74, 6) is -1.56. The third kappa shape index (κ3) is 1.22. The predicted molar refractivity (Wildman–Crippen MR) is 40.0 cm³/mol. The maximum atomic E-state index is 10.6. The molecule has 0 amide bonds. The van der Waals surface area contributed by atoms with E-state index in [0.717, 1.165) is 6.92 Å². The Balaban J connectivity index is 2.99. The molecule has 1 heterocycles. The van der Waals surface area contributed by atoms with E-state index in [1.54, 1.807) is 0 Å². The van der Waals surface area contributed by atoms with E-state index in [0.29, 0.717) is 0 Å². The highest BCUT2D eigenvalue weighted by Gasteiger charge is 2.62. The molecule has 0 aromatic carbocycles. The molecule has 0 aliphatic carbocycles. The molecule has 3 atom stereocenters. The van der Waals surface area contributed by atoms with Crippen molar-refractivity contribution < 1.29 is 30.0 Å². The van der Waals surface area contributed by atoms with Gasteiger partial charge in [-0.1, -0.05) is 0 Å². The van der Waals surface area contributed by atoms with Gasteiger partial charge in [-0.15, -0.1) is 0 Å². The molecule has 0 aromatic heterocycles. The van der Waals surface area contributed by atoms with Crippen LogP contribution in [-0.2, 0) is 9.53 Å². The van der Waals surface area contributed by atoms with Gasteiger partial charge in [-0.05, 0) is 6.92 Å². The fourth-order valence-corrected chi connectivity index (χ4v) is 1.30. The van der Waals surface area contributed by atoms with Gasteiger partial charge in [-0.25, -0.2) is 4.79 Å². The molecule has 6 heteroatoms. The quantitative estimate of drug-likeness (QED) is 0.401. The van der Waals surface area contributed by atoms with Crippen molar-refractivity contribution in [1.82, 2.24) is 0 Å². The van der Waals surface area contributed by atoms with E-state index < -0.39 is 36.5 Å². The van der Waals surface area contributed by atoms with E-state index in [1.807, 2.05) is 0 Å². The first-order valence-electron chi connectivity index (χ1n) is 3.77. The lowest BCUT2D eigenvalue weighted by Gasteiger charge is -2.31. The average Bonchev–Trinajstić information content (AvgIpc) is 2.25. The minimum atomic E-state index is -2.35. The number of ether oxygens (including phenoxy) is 1. The fraction of sp³-hybridized carbons (Fsp3) is 0.857. The molecule has 0 spiro atoms. The summed E-state index contributed by atoms with van der Waals surface area (Å²) in [5.41, 5.74) is -4.33.